The number of rotatable bonds is 0. The van der Waals surface area contributed by atoms with E-state index in [1.165, 1.54) is 6.07 Å². The van der Waals surface area contributed by atoms with Gasteiger partial charge in [-0.05, 0) is 40.8 Å². The molecule has 0 bridgehead atoms. The van der Waals surface area contributed by atoms with Crippen molar-refractivity contribution >= 4 is 49.5 Å². The summed E-state index contributed by atoms with van der Waals surface area (Å²) in [5.74, 6) is -0.934. The molecule has 80 valence electrons. The van der Waals surface area contributed by atoms with E-state index in [1.807, 2.05) is 0 Å². The molecule has 0 fully saturated rings. The Bertz CT molecular complexity index is 518. The molecule has 0 aliphatic rings. The molecule has 2 rings (SSSR count). The number of hydrogen-bond donors (Lipinski definition) is 0. The lowest BCUT2D eigenvalue weighted by Gasteiger charge is -2.01. The minimum Gasteiger partial charge on any atom is -0.450 e. The first-order chi connectivity index (χ1) is 6.89. The summed E-state index contributed by atoms with van der Waals surface area (Å²) in [5.41, 5.74) is 0.245. The number of furan rings is 1. The zero-order chi connectivity index (χ0) is 11.2. The van der Waals surface area contributed by atoms with Crippen LogP contribution in [0.2, 0.25) is 0 Å². The third kappa shape index (κ3) is 2.01. The van der Waals surface area contributed by atoms with Gasteiger partial charge < -0.3 is 4.42 Å². The van der Waals surface area contributed by atoms with Crippen LogP contribution in [0.3, 0.4) is 0 Å². The lowest BCUT2D eigenvalue weighted by Crippen LogP contribution is -2.04. The van der Waals surface area contributed by atoms with E-state index in [0.717, 1.165) is 4.47 Å². The Balaban J connectivity index is 2.76. The van der Waals surface area contributed by atoms with Crippen molar-refractivity contribution in [2.45, 2.75) is 6.18 Å². The molecular weight excluding hydrogens is 388 g/mol. The SMILES string of the molecule is FC(F)(F)c1oc2ccc(Br)cc2c1I. The summed E-state index contributed by atoms with van der Waals surface area (Å²) in [5, 5.41) is 0.470. The van der Waals surface area contributed by atoms with Gasteiger partial charge in [-0.15, -0.1) is 0 Å². The molecule has 0 aliphatic carbocycles. The second kappa shape index (κ2) is 3.65. The largest absolute Gasteiger partial charge is 0.450 e. The van der Waals surface area contributed by atoms with Crippen molar-refractivity contribution in [1.82, 2.24) is 0 Å². The fraction of sp³-hybridized carbons (Fsp3) is 0.111. The lowest BCUT2D eigenvalue weighted by atomic mass is 10.2. The normalized spacial score (nSPS) is 12.3. The standard InChI is InChI=1S/C9H3BrF3IO/c10-4-1-2-6-5(3-4)7(14)8(15-6)9(11,12)13/h1-3H. The zero-order valence-electron chi connectivity index (χ0n) is 7.03. The van der Waals surface area contributed by atoms with Crippen molar-refractivity contribution in [3.05, 3.63) is 32.0 Å². The first-order valence-corrected chi connectivity index (χ1v) is 5.71. The van der Waals surface area contributed by atoms with E-state index >= 15 is 0 Å². The van der Waals surface area contributed by atoms with Crippen LogP contribution in [0, 0.1) is 3.57 Å². The van der Waals surface area contributed by atoms with Gasteiger partial charge in [0.1, 0.15) is 5.58 Å². The van der Waals surface area contributed by atoms with E-state index in [-0.39, 0.29) is 9.15 Å². The van der Waals surface area contributed by atoms with Gasteiger partial charge in [-0.2, -0.15) is 13.2 Å². The summed E-state index contributed by atoms with van der Waals surface area (Å²) < 4.78 is 43.0. The Kier molecular flexibility index (Phi) is 2.74. The van der Waals surface area contributed by atoms with Gasteiger partial charge in [0.05, 0.1) is 3.57 Å². The number of alkyl halides is 3. The third-order valence-corrected chi connectivity index (χ3v) is 3.41. The first-order valence-electron chi connectivity index (χ1n) is 3.84. The predicted octanol–water partition coefficient (Wildman–Crippen LogP) is 4.82. The third-order valence-electron chi connectivity index (χ3n) is 1.85. The Morgan fingerprint density at radius 1 is 1.27 bits per heavy atom. The van der Waals surface area contributed by atoms with Crippen molar-refractivity contribution in [1.29, 1.82) is 0 Å². The van der Waals surface area contributed by atoms with Gasteiger partial charge in [0, 0.05) is 9.86 Å². The molecule has 2 aromatic rings. The highest BCUT2D eigenvalue weighted by Crippen LogP contribution is 2.39. The number of hydrogen-bond acceptors (Lipinski definition) is 1. The predicted molar refractivity (Wildman–Crippen MR) is 61.6 cm³/mol. The Hall–Kier alpha value is -0.240. The molecule has 0 amide bonds. The van der Waals surface area contributed by atoms with E-state index in [9.17, 15) is 13.2 Å². The first kappa shape index (κ1) is 11.3. The van der Waals surface area contributed by atoms with Crippen molar-refractivity contribution in [3.63, 3.8) is 0 Å². The molecule has 0 spiro atoms. The van der Waals surface area contributed by atoms with Gasteiger partial charge in [0.15, 0.2) is 0 Å². The Morgan fingerprint density at radius 2 is 1.93 bits per heavy atom. The molecule has 1 heterocycles. The minimum atomic E-state index is -4.44. The monoisotopic (exact) mass is 390 g/mol. The maximum absolute atomic E-state index is 12.5. The van der Waals surface area contributed by atoms with Crippen LogP contribution >= 0.6 is 38.5 Å². The molecule has 15 heavy (non-hydrogen) atoms. The average Bonchev–Trinajstić information content (AvgIpc) is 2.43. The summed E-state index contributed by atoms with van der Waals surface area (Å²) >= 11 is 4.84. The van der Waals surface area contributed by atoms with Crippen molar-refractivity contribution in [2.75, 3.05) is 0 Å². The van der Waals surface area contributed by atoms with Gasteiger partial charge in [-0.1, -0.05) is 15.9 Å². The molecular formula is C9H3BrF3IO. The van der Waals surface area contributed by atoms with Gasteiger partial charge in [0.25, 0.3) is 0 Å². The molecule has 0 radical (unpaired) electrons. The molecule has 0 aliphatic heterocycles. The second-order valence-electron chi connectivity index (χ2n) is 2.88. The fourth-order valence-electron chi connectivity index (χ4n) is 1.22. The van der Waals surface area contributed by atoms with E-state index in [0.29, 0.717) is 5.39 Å². The van der Waals surface area contributed by atoms with E-state index in [2.05, 4.69) is 15.9 Å². The summed E-state index contributed by atoms with van der Waals surface area (Å²) in [6, 6.07) is 4.76. The molecule has 0 N–H and O–H groups in total. The smallest absolute Gasteiger partial charge is 0.450 e. The maximum atomic E-state index is 12.5. The average molecular weight is 391 g/mol. The number of fused-ring (bicyclic) bond motifs is 1. The number of halogens is 5. The highest BCUT2D eigenvalue weighted by molar-refractivity contribution is 14.1. The topological polar surface area (TPSA) is 13.1 Å². The molecule has 1 aromatic carbocycles. The van der Waals surface area contributed by atoms with E-state index in [4.69, 9.17) is 4.42 Å². The molecule has 1 aromatic heterocycles. The molecule has 1 nitrogen and oxygen atoms in total. The van der Waals surface area contributed by atoms with E-state index < -0.39 is 11.9 Å². The summed E-state index contributed by atoms with van der Waals surface area (Å²) in [4.78, 5) is 0. The van der Waals surface area contributed by atoms with E-state index in [1.54, 1.807) is 34.7 Å². The van der Waals surface area contributed by atoms with Crippen molar-refractivity contribution in [3.8, 4) is 0 Å². The highest BCUT2D eigenvalue weighted by Gasteiger charge is 2.38. The van der Waals surface area contributed by atoms with Crippen LogP contribution in [-0.2, 0) is 6.18 Å². The number of benzene rings is 1. The fourth-order valence-corrected chi connectivity index (χ4v) is 2.42. The Morgan fingerprint density at radius 3 is 2.53 bits per heavy atom. The van der Waals surface area contributed by atoms with Crippen LogP contribution in [0.15, 0.2) is 27.1 Å². The zero-order valence-corrected chi connectivity index (χ0v) is 10.8. The van der Waals surface area contributed by atoms with Crippen LogP contribution in [0.1, 0.15) is 5.76 Å². The van der Waals surface area contributed by atoms with Crippen LogP contribution in [0.4, 0.5) is 13.2 Å². The van der Waals surface area contributed by atoms with Gasteiger partial charge in [-0.25, -0.2) is 0 Å². The van der Waals surface area contributed by atoms with Crippen molar-refractivity contribution in [2.24, 2.45) is 0 Å². The van der Waals surface area contributed by atoms with Crippen LogP contribution in [0.25, 0.3) is 11.0 Å². The lowest BCUT2D eigenvalue weighted by molar-refractivity contribution is -0.153. The molecule has 0 saturated heterocycles. The Labute approximate surface area is 105 Å². The summed E-state index contributed by atoms with van der Waals surface area (Å²) in [7, 11) is 0. The van der Waals surface area contributed by atoms with Crippen LogP contribution in [0.5, 0.6) is 0 Å². The van der Waals surface area contributed by atoms with Gasteiger partial charge >= 0.3 is 6.18 Å². The summed E-state index contributed by atoms with van der Waals surface area (Å²) in [6.45, 7) is 0. The minimum absolute atomic E-state index is 0.0939. The van der Waals surface area contributed by atoms with Crippen LogP contribution < -0.4 is 0 Å². The molecule has 0 saturated carbocycles. The molecule has 0 atom stereocenters. The maximum Gasteiger partial charge on any atom is 0.450 e. The van der Waals surface area contributed by atoms with Gasteiger partial charge in [0.2, 0.25) is 5.76 Å². The van der Waals surface area contributed by atoms with Crippen molar-refractivity contribution < 1.29 is 17.6 Å². The highest BCUT2D eigenvalue weighted by atomic mass is 127. The van der Waals surface area contributed by atoms with Crippen LogP contribution in [-0.4, -0.2) is 0 Å². The molecule has 6 heteroatoms. The van der Waals surface area contributed by atoms with Gasteiger partial charge in [-0.3, -0.25) is 0 Å². The second-order valence-corrected chi connectivity index (χ2v) is 4.88. The quantitative estimate of drug-likeness (QED) is 0.588. The summed E-state index contributed by atoms with van der Waals surface area (Å²) in [6.07, 6.45) is -4.44. The molecule has 0 unspecified atom stereocenters.